The minimum absolute atomic E-state index is 0.674. The van der Waals surface area contributed by atoms with E-state index in [9.17, 15) is 0 Å². The average molecular weight is 355 g/mol. The first-order valence-electron chi connectivity index (χ1n) is 8.11. The lowest BCUT2D eigenvalue weighted by Crippen LogP contribution is -2.08. The van der Waals surface area contributed by atoms with Gasteiger partial charge in [0, 0.05) is 10.4 Å². The van der Waals surface area contributed by atoms with Gasteiger partial charge in [-0.25, -0.2) is 4.98 Å². The Morgan fingerprint density at radius 3 is 3.00 bits per heavy atom. The quantitative estimate of drug-likeness (QED) is 0.494. The number of benzene rings is 1. The van der Waals surface area contributed by atoms with Crippen molar-refractivity contribution in [2.24, 2.45) is 5.92 Å². The number of fused-ring (bicyclic) bond motifs is 5. The van der Waals surface area contributed by atoms with Crippen LogP contribution in [0.25, 0.3) is 27.3 Å². The molecule has 6 heteroatoms. The number of nitrogens with zero attached hydrogens (tertiary/aromatic N) is 4. The van der Waals surface area contributed by atoms with Crippen LogP contribution in [0.5, 0.6) is 0 Å². The molecule has 0 fully saturated rings. The third-order valence-corrected chi connectivity index (χ3v) is 6.31. The molecule has 3 heterocycles. The molecule has 4 nitrogen and oxygen atoms in total. The molecule has 120 valence electrons. The summed E-state index contributed by atoms with van der Waals surface area (Å²) in [5, 5.41) is 10.7. The van der Waals surface area contributed by atoms with E-state index < -0.39 is 0 Å². The molecule has 0 unspecified atom stereocenters. The van der Waals surface area contributed by atoms with Gasteiger partial charge in [0.25, 0.3) is 0 Å². The Hall–Kier alpha value is -1.98. The number of thiophene rings is 1. The lowest BCUT2D eigenvalue weighted by atomic mass is 9.89. The molecule has 0 radical (unpaired) electrons. The Morgan fingerprint density at radius 2 is 2.12 bits per heavy atom. The van der Waals surface area contributed by atoms with E-state index in [1.165, 1.54) is 22.2 Å². The number of rotatable bonds is 1. The zero-order valence-electron chi connectivity index (χ0n) is 13.2. The van der Waals surface area contributed by atoms with Crippen LogP contribution >= 0.6 is 22.9 Å². The average Bonchev–Trinajstić information content (AvgIpc) is 3.15. The number of aryl methyl sites for hydroxylation is 1. The maximum atomic E-state index is 6.35. The van der Waals surface area contributed by atoms with Crippen LogP contribution < -0.4 is 0 Å². The molecule has 4 aromatic rings. The van der Waals surface area contributed by atoms with Crippen LogP contribution in [0.3, 0.4) is 0 Å². The maximum Gasteiger partial charge on any atom is 0.172 e. The van der Waals surface area contributed by atoms with Gasteiger partial charge in [-0.3, -0.25) is 4.40 Å². The molecular weight excluding hydrogens is 340 g/mol. The highest BCUT2D eigenvalue weighted by molar-refractivity contribution is 7.19. The summed E-state index contributed by atoms with van der Waals surface area (Å²) < 4.78 is 1.97. The molecule has 5 rings (SSSR count). The number of hydrogen-bond donors (Lipinski definition) is 0. The summed E-state index contributed by atoms with van der Waals surface area (Å²) in [6.07, 6.45) is 5.30. The Bertz CT molecular complexity index is 1080. The summed E-state index contributed by atoms with van der Waals surface area (Å²) in [6.45, 7) is 2.32. The number of halogens is 1. The van der Waals surface area contributed by atoms with Gasteiger partial charge in [0.1, 0.15) is 11.2 Å². The van der Waals surface area contributed by atoms with Gasteiger partial charge in [-0.15, -0.1) is 21.5 Å². The largest absolute Gasteiger partial charge is 0.265 e. The van der Waals surface area contributed by atoms with E-state index >= 15 is 0 Å². The van der Waals surface area contributed by atoms with Crippen molar-refractivity contribution in [2.45, 2.75) is 26.2 Å². The summed E-state index contributed by atoms with van der Waals surface area (Å²) >= 11 is 8.15. The Kier molecular flexibility index (Phi) is 3.15. The van der Waals surface area contributed by atoms with E-state index in [4.69, 9.17) is 11.6 Å². The van der Waals surface area contributed by atoms with Crippen molar-refractivity contribution in [1.29, 1.82) is 0 Å². The van der Waals surface area contributed by atoms with Gasteiger partial charge in [0.15, 0.2) is 11.5 Å². The second-order valence-electron chi connectivity index (χ2n) is 6.47. The van der Waals surface area contributed by atoms with Crippen LogP contribution in [-0.2, 0) is 12.8 Å². The fourth-order valence-electron chi connectivity index (χ4n) is 3.57. The molecule has 1 aliphatic rings. The van der Waals surface area contributed by atoms with Crippen molar-refractivity contribution < 1.29 is 0 Å². The van der Waals surface area contributed by atoms with Crippen molar-refractivity contribution >= 4 is 38.8 Å². The van der Waals surface area contributed by atoms with Gasteiger partial charge in [-0.1, -0.05) is 30.7 Å². The molecule has 0 saturated carbocycles. The highest BCUT2D eigenvalue weighted by Crippen LogP contribution is 2.39. The molecule has 0 saturated heterocycles. The first-order valence-corrected chi connectivity index (χ1v) is 9.30. The molecule has 1 atom stereocenters. The second kappa shape index (κ2) is 5.26. The van der Waals surface area contributed by atoms with Gasteiger partial charge in [-0.05, 0) is 42.9 Å². The molecule has 0 N–H and O–H groups in total. The monoisotopic (exact) mass is 354 g/mol. The molecule has 0 aliphatic heterocycles. The normalized spacial score (nSPS) is 17.5. The van der Waals surface area contributed by atoms with Crippen LogP contribution in [0.1, 0.15) is 23.8 Å². The van der Waals surface area contributed by atoms with E-state index in [0.717, 1.165) is 40.6 Å². The summed E-state index contributed by atoms with van der Waals surface area (Å²) in [7, 11) is 0. The van der Waals surface area contributed by atoms with Crippen molar-refractivity contribution in [2.75, 3.05) is 0 Å². The highest BCUT2D eigenvalue weighted by Gasteiger charge is 2.24. The summed E-state index contributed by atoms with van der Waals surface area (Å²) in [5.41, 5.74) is 3.19. The molecule has 3 aromatic heterocycles. The lowest BCUT2D eigenvalue weighted by molar-refractivity contribution is 0.509. The molecule has 1 aliphatic carbocycles. The fraction of sp³-hybridized carbons (Fsp3) is 0.278. The first kappa shape index (κ1) is 14.4. The Labute approximate surface area is 148 Å². The topological polar surface area (TPSA) is 43.1 Å². The predicted molar refractivity (Wildman–Crippen MR) is 97.8 cm³/mol. The van der Waals surface area contributed by atoms with E-state index in [2.05, 4.69) is 22.1 Å². The Morgan fingerprint density at radius 1 is 1.25 bits per heavy atom. The van der Waals surface area contributed by atoms with Gasteiger partial charge in [0.05, 0.1) is 10.4 Å². The van der Waals surface area contributed by atoms with E-state index in [-0.39, 0.29) is 0 Å². The van der Waals surface area contributed by atoms with E-state index in [0.29, 0.717) is 5.02 Å². The molecule has 24 heavy (non-hydrogen) atoms. The van der Waals surface area contributed by atoms with Crippen LogP contribution in [-0.4, -0.2) is 19.6 Å². The highest BCUT2D eigenvalue weighted by atomic mass is 35.5. The summed E-state index contributed by atoms with van der Waals surface area (Å²) in [4.78, 5) is 7.22. The van der Waals surface area contributed by atoms with Crippen molar-refractivity contribution in [3.63, 3.8) is 0 Å². The first-order chi connectivity index (χ1) is 11.7. The number of hydrogen-bond acceptors (Lipinski definition) is 4. The zero-order valence-corrected chi connectivity index (χ0v) is 14.7. The molecular formula is C18H15ClN4S. The molecule has 0 spiro atoms. The number of aromatic nitrogens is 4. The Balaban J connectivity index is 1.80. The zero-order chi connectivity index (χ0) is 16.3. The molecule has 0 bridgehead atoms. The van der Waals surface area contributed by atoms with Gasteiger partial charge in [0.2, 0.25) is 0 Å². The van der Waals surface area contributed by atoms with E-state index in [1.54, 1.807) is 0 Å². The van der Waals surface area contributed by atoms with Gasteiger partial charge < -0.3 is 0 Å². The minimum Gasteiger partial charge on any atom is -0.265 e. The fourth-order valence-corrected chi connectivity index (χ4v) is 5.13. The van der Waals surface area contributed by atoms with Crippen molar-refractivity contribution in [1.82, 2.24) is 19.6 Å². The third-order valence-electron chi connectivity index (χ3n) is 4.82. The lowest BCUT2D eigenvalue weighted by Gasteiger charge is -2.17. The van der Waals surface area contributed by atoms with Crippen molar-refractivity contribution in [3.8, 4) is 11.4 Å². The van der Waals surface area contributed by atoms with Crippen LogP contribution in [0.2, 0.25) is 5.02 Å². The van der Waals surface area contributed by atoms with Crippen LogP contribution in [0.15, 0.2) is 30.6 Å². The summed E-state index contributed by atoms with van der Waals surface area (Å²) in [5.74, 6) is 1.49. The minimum atomic E-state index is 0.674. The smallest absolute Gasteiger partial charge is 0.172 e. The summed E-state index contributed by atoms with van der Waals surface area (Å²) in [6, 6.07) is 7.72. The SMILES string of the molecule is C[C@@H]1CCc2c(sc3ncn4c(-c5ccccc5Cl)nnc4c23)C1. The van der Waals surface area contributed by atoms with Crippen molar-refractivity contribution in [3.05, 3.63) is 46.1 Å². The van der Waals surface area contributed by atoms with Crippen LogP contribution in [0, 0.1) is 5.92 Å². The second-order valence-corrected chi connectivity index (χ2v) is 7.96. The van der Waals surface area contributed by atoms with E-state index in [1.807, 2.05) is 46.3 Å². The van der Waals surface area contributed by atoms with Crippen LogP contribution in [0.4, 0.5) is 0 Å². The predicted octanol–water partition coefficient (Wildman–Crippen LogP) is 4.78. The third kappa shape index (κ3) is 2.01. The van der Waals surface area contributed by atoms with Gasteiger partial charge >= 0.3 is 0 Å². The molecule has 0 amide bonds. The molecule has 1 aromatic carbocycles. The maximum absolute atomic E-state index is 6.35. The standard InChI is InChI=1S/C18H15ClN4S/c1-10-6-7-12-14(8-10)24-18-15(12)17-22-21-16(23(17)9-20-18)11-4-2-3-5-13(11)19/h2-5,9-10H,6-8H2,1H3/t10-/m1/s1. The van der Waals surface area contributed by atoms with Gasteiger partial charge in [-0.2, -0.15) is 0 Å².